The van der Waals surface area contributed by atoms with Crippen molar-refractivity contribution >= 4 is 60.4 Å². The summed E-state index contributed by atoms with van der Waals surface area (Å²) in [6, 6.07) is 6.15. The van der Waals surface area contributed by atoms with Crippen LogP contribution in [0.3, 0.4) is 0 Å². The van der Waals surface area contributed by atoms with E-state index in [1.54, 1.807) is 0 Å². The summed E-state index contributed by atoms with van der Waals surface area (Å²) in [7, 11) is 0. The first-order valence-corrected chi connectivity index (χ1v) is 9.41. The van der Waals surface area contributed by atoms with Crippen LogP contribution < -0.4 is 5.32 Å². The highest BCUT2D eigenvalue weighted by atomic mass is 127. The van der Waals surface area contributed by atoms with E-state index in [1.165, 1.54) is 12.8 Å². The highest BCUT2D eigenvalue weighted by Gasteiger charge is 2.23. The predicted molar refractivity (Wildman–Crippen MR) is 93.9 cm³/mol. The molecule has 2 nitrogen and oxygen atoms in total. The second-order valence-electron chi connectivity index (χ2n) is 4.98. The average molecular weight is 501 g/mol. The minimum absolute atomic E-state index is 0.0330. The highest BCUT2D eigenvalue weighted by Crippen LogP contribution is 2.26. The van der Waals surface area contributed by atoms with Crippen LogP contribution in [-0.2, 0) is 0 Å². The lowest BCUT2D eigenvalue weighted by atomic mass is 9.87. The van der Waals surface area contributed by atoms with E-state index in [-0.39, 0.29) is 5.91 Å². The Kier molecular flexibility index (Phi) is 6.14. The number of amides is 1. The Bertz CT molecular complexity index is 467. The fraction of sp³-hybridized carbons (Fsp3) is 0.500. The minimum atomic E-state index is 0.0330. The van der Waals surface area contributed by atoms with Gasteiger partial charge < -0.3 is 5.32 Å². The normalized spacial score (nSPS) is 23.1. The van der Waals surface area contributed by atoms with Gasteiger partial charge in [-0.3, -0.25) is 4.79 Å². The smallest absolute Gasteiger partial charge is 0.252 e. The standard InChI is InChI=1S/C14H16Br2INO/c15-8-9-2-1-3-11(6-9)18-14(19)12-7-10(17)4-5-13(12)16/h4-5,7,9,11H,1-3,6,8H2,(H,18,19). The van der Waals surface area contributed by atoms with Crippen molar-refractivity contribution in [2.45, 2.75) is 31.7 Å². The molecule has 104 valence electrons. The third kappa shape index (κ3) is 4.43. The van der Waals surface area contributed by atoms with E-state index in [9.17, 15) is 4.79 Å². The maximum atomic E-state index is 12.3. The molecule has 0 bridgehead atoms. The Balaban J connectivity index is 2.02. The number of hydrogen-bond acceptors (Lipinski definition) is 1. The zero-order chi connectivity index (χ0) is 13.8. The lowest BCUT2D eigenvalue weighted by Crippen LogP contribution is -2.38. The molecule has 1 aromatic carbocycles. The Hall–Kier alpha value is 0.380. The molecule has 1 saturated carbocycles. The maximum absolute atomic E-state index is 12.3. The van der Waals surface area contributed by atoms with Gasteiger partial charge in [-0.1, -0.05) is 22.4 Å². The molecule has 19 heavy (non-hydrogen) atoms. The van der Waals surface area contributed by atoms with E-state index >= 15 is 0 Å². The van der Waals surface area contributed by atoms with Crippen LogP contribution in [0.1, 0.15) is 36.0 Å². The van der Waals surface area contributed by atoms with Crippen LogP contribution in [0.4, 0.5) is 0 Å². The van der Waals surface area contributed by atoms with Gasteiger partial charge in [-0.2, -0.15) is 0 Å². The van der Waals surface area contributed by atoms with Gasteiger partial charge in [-0.25, -0.2) is 0 Å². The van der Waals surface area contributed by atoms with Gasteiger partial charge in [-0.05, 0) is 81.9 Å². The summed E-state index contributed by atoms with van der Waals surface area (Å²) in [4.78, 5) is 12.3. The third-order valence-corrected chi connectivity index (χ3v) is 5.79. The molecule has 2 unspecified atom stereocenters. The monoisotopic (exact) mass is 499 g/mol. The summed E-state index contributed by atoms with van der Waals surface area (Å²) in [6.45, 7) is 0. The molecule has 2 atom stereocenters. The Morgan fingerprint density at radius 1 is 1.42 bits per heavy atom. The number of rotatable bonds is 3. The minimum Gasteiger partial charge on any atom is -0.349 e. The van der Waals surface area contributed by atoms with Gasteiger partial charge in [0.25, 0.3) is 5.91 Å². The SMILES string of the molecule is O=C(NC1CCCC(CBr)C1)c1cc(I)ccc1Br. The summed E-state index contributed by atoms with van der Waals surface area (Å²) < 4.78 is 1.94. The van der Waals surface area contributed by atoms with Crippen LogP contribution in [0, 0.1) is 9.49 Å². The molecular formula is C14H16Br2INO. The van der Waals surface area contributed by atoms with E-state index in [4.69, 9.17) is 0 Å². The van der Waals surface area contributed by atoms with Crippen LogP contribution in [0.25, 0.3) is 0 Å². The fourth-order valence-electron chi connectivity index (χ4n) is 2.50. The third-order valence-electron chi connectivity index (χ3n) is 3.51. The first kappa shape index (κ1) is 15.8. The van der Waals surface area contributed by atoms with Gasteiger partial charge in [0.15, 0.2) is 0 Å². The lowest BCUT2D eigenvalue weighted by molar-refractivity contribution is 0.0921. The van der Waals surface area contributed by atoms with E-state index < -0.39 is 0 Å². The van der Waals surface area contributed by atoms with Crippen LogP contribution in [0.5, 0.6) is 0 Å². The van der Waals surface area contributed by atoms with Crippen molar-refractivity contribution in [1.29, 1.82) is 0 Å². The Labute approximate surface area is 144 Å². The molecule has 0 aliphatic heterocycles. The largest absolute Gasteiger partial charge is 0.349 e. The maximum Gasteiger partial charge on any atom is 0.252 e. The summed E-state index contributed by atoms with van der Waals surface area (Å²) in [5.74, 6) is 0.726. The number of hydrogen-bond donors (Lipinski definition) is 1. The van der Waals surface area contributed by atoms with Crippen molar-refractivity contribution in [2.24, 2.45) is 5.92 Å². The number of nitrogens with one attached hydrogen (secondary N) is 1. The van der Waals surface area contributed by atoms with Crippen molar-refractivity contribution in [3.63, 3.8) is 0 Å². The highest BCUT2D eigenvalue weighted by molar-refractivity contribution is 14.1. The van der Waals surface area contributed by atoms with Crippen LogP contribution in [0.15, 0.2) is 22.7 Å². The summed E-state index contributed by atoms with van der Waals surface area (Å²) in [6.07, 6.45) is 4.65. The van der Waals surface area contributed by atoms with Crippen LogP contribution in [-0.4, -0.2) is 17.3 Å². The van der Waals surface area contributed by atoms with Crippen molar-refractivity contribution < 1.29 is 4.79 Å². The first-order valence-electron chi connectivity index (χ1n) is 6.42. The number of alkyl halides is 1. The number of halogens is 3. The topological polar surface area (TPSA) is 29.1 Å². The molecule has 5 heteroatoms. The number of benzene rings is 1. The quantitative estimate of drug-likeness (QED) is 0.471. The molecule has 0 spiro atoms. The molecule has 2 rings (SSSR count). The fourth-order valence-corrected chi connectivity index (χ4v) is 4.00. The van der Waals surface area contributed by atoms with Gasteiger partial charge in [0.1, 0.15) is 0 Å². The van der Waals surface area contributed by atoms with E-state index in [1.807, 2.05) is 18.2 Å². The van der Waals surface area contributed by atoms with Crippen molar-refractivity contribution in [1.82, 2.24) is 5.32 Å². The zero-order valence-electron chi connectivity index (χ0n) is 10.5. The number of carbonyl (C=O) groups is 1. The van der Waals surface area contributed by atoms with Crippen LogP contribution in [0.2, 0.25) is 0 Å². The Morgan fingerprint density at radius 2 is 2.21 bits per heavy atom. The first-order chi connectivity index (χ1) is 9.10. The second-order valence-corrected chi connectivity index (χ2v) is 7.73. The van der Waals surface area contributed by atoms with Gasteiger partial charge >= 0.3 is 0 Å². The molecule has 0 heterocycles. The molecule has 1 amide bonds. The molecule has 1 N–H and O–H groups in total. The van der Waals surface area contributed by atoms with Gasteiger partial charge in [0.2, 0.25) is 0 Å². The average Bonchev–Trinajstić information content (AvgIpc) is 2.41. The molecule has 1 aliphatic carbocycles. The van der Waals surface area contributed by atoms with Crippen LogP contribution >= 0.6 is 54.5 Å². The van der Waals surface area contributed by atoms with E-state index in [0.717, 1.165) is 31.8 Å². The summed E-state index contributed by atoms with van der Waals surface area (Å²) >= 11 is 9.23. The van der Waals surface area contributed by atoms with Gasteiger partial charge in [0, 0.05) is 19.4 Å². The molecule has 0 aromatic heterocycles. The zero-order valence-corrected chi connectivity index (χ0v) is 15.8. The Morgan fingerprint density at radius 3 is 2.95 bits per heavy atom. The molecule has 1 fully saturated rings. The molecular weight excluding hydrogens is 485 g/mol. The molecule has 0 radical (unpaired) electrons. The molecule has 0 saturated heterocycles. The summed E-state index contributed by atoms with van der Waals surface area (Å²) in [5.41, 5.74) is 0.730. The summed E-state index contributed by atoms with van der Waals surface area (Å²) in [5, 5.41) is 4.21. The van der Waals surface area contributed by atoms with Crippen molar-refractivity contribution in [3.05, 3.63) is 31.8 Å². The lowest BCUT2D eigenvalue weighted by Gasteiger charge is -2.28. The van der Waals surface area contributed by atoms with Gasteiger partial charge in [0.05, 0.1) is 5.56 Å². The van der Waals surface area contributed by atoms with E-state index in [2.05, 4.69) is 59.8 Å². The van der Waals surface area contributed by atoms with Gasteiger partial charge in [-0.15, -0.1) is 0 Å². The molecule has 1 aromatic rings. The molecule has 1 aliphatic rings. The van der Waals surface area contributed by atoms with Crippen molar-refractivity contribution in [3.8, 4) is 0 Å². The predicted octanol–water partition coefficient (Wildman–Crippen LogP) is 4.74. The number of carbonyl (C=O) groups excluding carboxylic acids is 1. The second kappa shape index (κ2) is 7.41. The van der Waals surface area contributed by atoms with E-state index in [0.29, 0.717) is 12.0 Å². The van der Waals surface area contributed by atoms with Crippen molar-refractivity contribution in [2.75, 3.05) is 5.33 Å².